The first-order valence-electron chi connectivity index (χ1n) is 11.7. The smallest absolute Gasteiger partial charge is 0.305 e. The van der Waals surface area contributed by atoms with E-state index in [0.29, 0.717) is 6.42 Å². The summed E-state index contributed by atoms with van der Waals surface area (Å²) in [7, 11) is 1.44. The third-order valence-electron chi connectivity index (χ3n) is 6.05. The van der Waals surface area contributed by atoms with E-state index in [-0.39, 0.29) is 41.9 Å². The van der Waals surface area contributed by atoms with Gasteiger partial charge in [0.2, 0.25) is 5.91 Å². The summed E-state index contributed by atoms with van der Waals surface area (Å²) in [6, 6.07) is -0.0326. The molecule has 0 aromatic carbocycles. The molecule has 9 heteroatoms. The van der Waals surface area contributed by atoms with E-state index in [0.717, 1.165) is 96.8 Å². The lowest BCUT2D eigenvalue weighted by Crippen LogP contribution is -2.57. The van der Waals surface area contributed by atoms with Crippen LogP contribution in [0.2, 0.25) is 0 Å². The van der Waals surface area contributed by atoms with Crippen molar-refractivity contribution in [3.8, 4) is 0 Å². The van der Waals surface area contributed by atoms with E-state index < -0.39 is 0 Å². The fraction of sp³-hybridized carbons (Fsp3) is 0.864. The molecule has 0 spiro atoms. The van der Waals surface area contributed by atoms with E-state index in [1.807, 2.05) is 4.90 Å². The van der Waals surface area contributed by atoms with Crippen molar-refractivity contribution in [2.75, 3.05) is 59.5 Å². The summed E-state index contributed by atoms with van der Waals surface area (Å²) >= 11 is 0. The molecule has 0 bridgehead atoms. The molecule has 0 aromatic rings. The zero-order chi connectivity index (χ0) is 21.8. The molecule has 2 rings (SSSR count). The number of amides is 1. The Labute approximate surface area is 205 Å². The summed E-state index contributed by atoms with van der Waals surface area (Å²) in [6.45, 7) is 11.2. The molecule has 1 amide bonds. The Hall–Kier alpha value is -1.10. The van der Waals surface area contributed by atoms with Crippen LogP contribution in [0.4, 0.5) is 0 Å². The number of aliphatic imine (C=N–C) groups is 1. The van der Waals surface area contributed by atoms with Crippen LogP contribution in [0.15, 0.2) is 4.99 Å². The number of guanidine groups is 1. The summed E-state index contributed by atoms with van der Waals surface area (Å²) in [5, 5.41) is 3.41. The van der Waals surface area contributed by atoms with Gasteiger partial charge in [0, 0.05) is 58.8 Å². The predicted molar refractivity (Wildman–Crippen MR) is 135 cm³/mol. The summed E-state index contributed by atoms with van der Waals surface area (Å²) in [5.41, 5.74) is 0. The van der Waals surface area contributed by atoms with Crippen molar-refractivity contribution in [2.24, 2.45) is 4.99 Å². The van der Waals surface area contributed by atoms with E-state index in [4.69, 9.17) is 4.99 Å². The highest BCUT2D eigenvalue weighted by atomic mass is 127. The number of piperazine rings is 1. The van der Waals surface area contributed by atoms with Gasteiger partial charge in [0.05, 0.1) is 13.2 Å². The van der Waals surface area contributed by atoms with E-state index >= 15 is 0 Å². The van der Waals surface area contributed by atoms with Crippen molar-refractivity contribution in [2.45, 2.75) is 64.8 Å². The van der Waals surface area contributed by atoms with Gasteiger partial charge in [-0.15, -0.1) is 24.0 Å². The number of methoxy groups -OCH3 is 1. The molecule has 1 N–H and O–H groups in total. The number of ether oxygens (including phenoxy) is 1. The largest absolute Gasteiger partial charge is 0.469 e. The second kappa shape index (κ2) is 15.7. The maximum atomic E-state index is 12.7. The number of nitrogens with zero attached hydrogens (tertiary/aromatic N) is 4. The Kier molecular flexibility index (Phi) is 14.1. The number of carbonyl (C=O) groups is 2. The summed E-state index contributed by atoms with van der Waals surface area (Å²) in [6.07, 6.45) is 6.79. The number of unbranched alkanes of at least 4 members (excludes halogenated alkanes) is 3. The molecule has 2 aliphatic rings. The molecule has 0 aromatic heterocycles. The Balaban J connectivity index is 0.00000480. The molecule has 180 valence electrons. The van der Waals surface area contributed by atoms with Crippen molar-refractivity contribution in [3.63, 3.8) is 0 Å². The van der Waals surface area contributed by atoms with Crippen LogP contribution in [0.3, 0.4) is 0 Å². The van der Waals surface area contributed by atoms with Crippen molar-refractivity contribution in [1.29, 1.82) is 0 Å². The standard InChI is InChI=1S/C22H41N5O3.HI/c1-4-23-22(24-12-8-6-5-7-11-20(28)30-3)27-17-15-25(16-18-27)19(2)21(29)26-13-9-10-14-26;/h19H,4-18H2,1-3H3,(H,23,24);1H. The van der Waals surface area contributed by atoms with Gasteiger partial charge in [-0.1, -0.05) is 12.8 Å². The number of rotatable bonds is 10. The lowest BCUT2D eigenvalue weighted by Gasteiger charge is -2.39. The Morgan fingerprint density at radius 3 is 2.23 bits per heavy atom. The molecule has 0 aliphatic carbocycles. The van der Waals surface area contributed by atoms with Gasteiger partial charge < -0.3 is 19.9 Å². The normalized spacial score (nSPS) is 18.5. The molecule has 0 saturated carbocycles. The van der Waals surface area contributed by atoms with E-state index in [2.05, 4.69) is 33.7 Å². The van der Waals surface area contributed by atoms with Crippen LogP contribution in [0, 0.1) is 0 Å². The monoisotopic (exact) mass is 551 g/mol. The second-order valence-electron chi connectivity index (χ2n) is 8.21. The number of likely N-dealkylation sites (tertiary alicyclic amines) is 1. The average Bonchev–Trinajstić information content (AvgIpc) is 3.31. The van der Waals surface area contributed by atoms with Crippen LogP contribution in [-0.4, -0.2) is 98.0 Å². The van der Waals surface area contributed by atoms with Crippen LogP contribution < -0.4 is 5.32 Å². The van der Waals surface area contributed by atoms with E-state index in [1.54, 1.807) is 0 Å². The molecule has 1 atom stereocenters. The second-order valence-corrected chi connectivity index (χ2v) is 8.21. The first-order chi connectivity index (χ1) is 14.6. The molecular formula is C22H42IN5O3. The fourth-order valence-corrected chi connectivity index (χ4v) is 4.13. The molecule has 0 radical (unpaired) electrons. The minimum atomic E-state index is -0.127. The van der Waals surface area contributed by atoms with Gasteiger partial charge in [0.15, 0.2) is 5.96 Å². The SMILES string of the molecule is CCNC(=NCCCCCCC(=O)OC)N1CCN(C(C)C(=O)N2CCCC2)CC1.I. The van der Waals surface area contributed by atoms with E-state index in [9.17, 15) is 9.59 Å². The van der Waals surface area contributed by atoms with Crippen molar-refractivity contribution >= 4 is 41.8 Å². The Bertz CT molecular complexity index is 561. The van der Waals surface area contributed by atoms with Gasteiger partial charge in [-0.25, -0.2) is 0 Å². The Morgan fingerprint density at radius 1 is 0.968 bits per heavy atom. The number of hydrogen-bond acceptors (Lipinski definition) is 5. The number of carbonyl (C=O) groups excluding carboxylic acids is 2. The molecule has 2 heterocycles. The van der Waals surface area contributed by atoms with Crippen LogP contribution >= 0.6 is 24.0 Å². The lowest BCUT2D eigenvalue weighted by atomic mass is 10.1. The van der Waals surface area contributed by atoms with Crippen LogP contribution in [0.1, 0.15) is 58.8 Å². The highest BCUT2D eigenvalue weighted by Crippen LogP contribution is 2.14. The molecular weight excluding hydrogens is 509 g/mol. The number of esters is 1. The third-order valence-corrected chi connectivity index (χ3v) is 6.05. The number of nitrogens with one attached hydrogen (secondary N) is 1. The average molecular weight is 552 g/mol. The number of hydrogen-bond donors (Lipinski definition) is 1. The molecule has 2 saturated heterocycles. The fourth-order valence-electron chi connectivity index (χ4n) is 4.13. The summed E-state index contributed by atoms with van der Waals surface area (Å²) in [4.78, 5) is 35.2. The quantitative estimate of drug-likeness (QED) is 0.148. The molecule has 2 aliphatic heterocycles. The zero-order valence-electron chi connectivity index (χ0n) is 19.6. The maximum absolute atomic E-state index is 12.7. The Morgan fingerprint density at radius 2 is 1.61 bits per heavy atom. The molecule has 8 nitrogen and oxygen atoms in total. The molecule has 1 unspecified atom stereocenters. The topological polar surface area (TPSA) is 77.5 Å². The first kappa shape index (κ1) is 27.9. The van der Waals surface area contributed by atoms with Gasteiger partial charge in [-0.05, 0) is 39.5 Å². The van der Waals surface area contributed by atoms with E-state index in [1.165, 1.54) is 7.11 Å². The van der Waals surface area contributed by atoms with Crippen molar-refractivity contribution < 1.29 is 14.3 Å². The van der Waals surface area contributed by atoms with Crippen LogP contribution in [-0.2, 0) is 14.3 Å². The minimum Gasteiger partial charge on any atom is -0.469 e. The van der Waals surface area contributed by atoms with Crippen LogP contribution in [0.5, 0.6) is 0 Å². The van der Waals surface area contributed by atoms with Crippen molar-refractivity contribution in [3.05, 3.63) is 0 Å². The molecule has 31 heavy (non-hydrogen) atoms. The lowest BCUT2D eigenvalue weighted by molar-refractivity contribution is -0.140. The zero-order valence-corrected chi connectivity index (χ0v) is 21.9. The van der Waals surface area contributed by atoms with Gasteiger partial charge in [0.1, 0.15) is 0 Å². The van der Waals surface area contributed by atoms with Gasteiger partial charge in [-0.2, -0.15) is 0 Å². The van der Waals surface area contributed by atoms with Gasteiger partial charge in [-0.3, -0.25) is 19.5 Å². The summed E-state index contributed by atoms with van der Waals surface area (Å²) < 4.78 is 4.67. The maximum Gasteiger partial charge on any atom is 0.305 e. The van der Waals surface area contributed by atoms with Crippen LogP contribution in [0.25, 0.3) is 0 Å². The van der Waals surface area contributed by atoms with Gasteiger partial charge >= 0.3 is 5.97 Å². The molecule has 2 fully saturated rings. The predicted octanol–water partition coefficient (Wildman–Crippen LogP) is 2.32. The minimum absolute atomic E-state index is 0. The highest BCUT2D eigenvalue weighted by Gasteiger charge is 2.30. The van der Waals surface area contributed by atoms with Crippen molar-refractivity contribution in [1.82, 2.24) is 20.0 Å². The van der Waals surface area contributed by atoms with Gasteiger partial charge in [0.25, 0.3) is 0 Å². The third kappa shape index (κ3) is 9.51. The summed E-state index contributed by atoms with van der Waals surface area (Å²) in [5.74, 6) is 1.14. The first-order valence-corrected chi connectivity index (χ1v) is 11.7. The number of halogens is 1. The highest BCUT2D eigenvalue weighted by molar-refractivity contribution is 14.0.